The molecule has 1 N–H and O–H groups in total. The van der Waals surface area contributed by atoms with Gasteiger partial charge in [-0.15, -0.1) is 0 Å². The molecule has 1 heterocycles. The lowest BCUT2D eigenvalue weighted by Crippen LogP contribution is -2.18. The number of carbonyl (C=O) groups is 2. The lowest BCUT2D eigenvalue weighted by molar-refractivity contribution is 0.0526. The van der Waals surface area contributed by atoms with E-state index in [0.717, 1.165) is 4.47 Å². The maximum absolute atomic E-state index is 11.9. The van der Waals surface area contributed by atoms with Gasteiger partial charge in [0, 0.05) is 12.4 Å². The summed E-state index contributed by atoms with van der Waals surface area (Å²) < 4.78 is 11.3. The smallest absolute Gasteiger partial charge is 0.338 e. The molecule has 0 saturated heterocycles. The number of carbonyl (C=O) groups excluding carboxylic acids is 2. The van der Waals surface area contributed by atoms with Crippen LogP contribution < -0.4 is 5.32 Å². The van der Waals surface area contributed by atoms with Crippen LogP contribution in [0.5, 0.6) is 0 Å². The zero-order valence-corrected chi connectivity index (χ0v) is 13.0. The SMILES string of the molecule is CCOC(=O)c1cc(C(=O)NC)c2oc(C)c(Br)c2c1. The van der Waals surface area contributed by atoms with Crippen LogP contribution in [0.25, 0.3) is 11.0 Å². The number of amides is 1. The number of rotatable bonds is 3. The molecule has 0 bridgehead atoms. The third-order valence-electron chi connectivity index (χ3n) is 2.87. The minimum Gasteiger partial charge on any atom is -0.462 e. The number of halogens is 1. The maximum atomic E-state index is 11.9. The molecule has 1 aromatic heterocycles. The summed E-state index contributed by atoms with van der Waals surface area (Å²) in [6, 6.07) is 3.13. The molecule has 0 aliphatic rings. The third kappa shape index (κ3) is 2.43. The Morgan fingerprint density at radius 2 is 2.10 bits per heavy atom. The van der Waals surface area contributed by atoms with E-state index in [0.29, 0.717) is 27.9 Å². The van der Waals surface area contributed by atoms with Crippen molar-refractivity contribution in [3.63, 3.8) is 0 Å². The van der Waals surface area contributed by atoms with Crippen LogP contribution in [0.15, 0.2) is 21.0 Å². The molecule has 0 spiro atoms. The van der Waals surface area contributed by atoms with E-state index in [1.54, 1.807) is 19.9 Å². The number of esters is 1. The van der Waals surface area contributed by atoms with Crippen LogP contribution in [0.2, 0.25) is 0 Å². The number of aryl methyl sites for hydroxylation is 1. The number of hydrogen-bond donors (Lipinski definition) is 1. The number of hydrogen-bond acceptors (Lipinski definition) is 4. The summed E-state index contributed by atoms with van der Waals surface area (Å²) in [5.41, 5.74) is 1.07. The van der Waals surface area contributed by atoms with E-state index >= 15 is 0 Å². The topological polar surface area (TPSA) is 68.5 Å². The highest BCUT2D eigenvalue weighted by atomic mass is 79.9. The van der Waals surface area contributed by atoms with Crippen molar-refractivity contribution in [2.45, 2.75) is 13.8 Å². The monoisotopic (exact) mass is 339 g/mol. The fourth-order valence-electron chi connectivity index (χ4n) is 1.92. The van der Waals surface area contributed by atoms with Crippen LogP contribution in [-0.2, 0) is 4.74 Å². The first-order valence-corrected chi connectivity index (χ1v) is 6.90. The largest absolute Gasteiger partial charge is 0.462 e. The Bertz CT molecular complexity index is 690. The predicted octanol–water partition coefficient (Wildman–Crippen LogP) is 3.04. The summed E-state index contributed by atoms with van der Waals surface area (Å²) in [5.74, 6) is -0.140. The van der Waals surface area contributed by atoms with E-state index < -0.39 is 5.97 Å². The molecule has 0 unspecified atom stereocenters. The summed E-state index contributed by atoms with van der Waals surface area (Å²) in [6.45, 7) is 3.79. The second kappa shape index (κ2) is 5.66. The van der Waals surface area contributed by atoms with Gasteiger partial charge in [-0.2, -0.15) is 0 Å². The van der Waals surface area contributed by atoms with Crippen LogP contribution in [0.4, 0.5) is 0 Å². The average Bonchev–Trinajstić information content (AvgIpc) is 2.73. The van der Waals surface area contributed by atoms with Crippen LogP contribution in [-0.4, -0.2) is 25.5 Å². The van der Waals surface area contributed by atoms with Gasteiger partial charge in [-0.1, -0.05) is 0 Å². The minimum atomic E-state index is -0.467. The highest BCUT2D eigenvalue weighted by Crippen LogP contribution is 2.33. The van der Waals surface area contributed by atoms with E-state index in [4.69, 9.17) is 9.15 Å². The average molecular weight is 340 g/mol. The molecular formula is C14H14BrNO4. The van der Waals surface area contributed by atoms with Crippen LogP contribution in [0.3, 0.4) is 0 Å². The van der Waals surface area contributed by atoms with Crippen molar-refractivity contribution in [3.8, 4) is 0 Å². The quantitative estimate of drug-likeness (QED) is 0.872. The molecule has 2 aromatic rings. The van der Waals surface area contributed by atoms with Crippen molar-refractivity contribution in [3.05, 3.63) is 33.5 Å². The fraction of sp³-hybridized carbons (Fsp3) is 0.286. The number of furan rings is 1. The molecule has 5 nitrogen and oxygen atoms in total. The van der Waals surface area contributed by atoms with Gasteiger partial charge in [-0.05, 0) is 41.9 Å². The summed E-state index contributed by atoms with van der Waals surface area (Å²) in [7, 11) is 1.52. The van der Waals surface area contributed by atoms with Gasteiger partial charge in [0.05, 0.1) is 22.2 Å². The minimum absolute atomic E-state index is 0.276. The zero-order valence-electron chi connectivity index (χ0n) is 11.4. The van der Waals surface area contributed by atoms with E-state index in [9.17, 15) is 9.59 Å². The summed E-state index contributed by atoms with van der Waals surface area (Å²) >= 11 is 3.40. The first kappa shape index (κ1) is 14.6. The molecular weight excluding hydrogens is 326 g/mol. The van der Waals surface area contributed by atoms with Crippen LogP contribution >= 0.6 is 15.9 Å². The van der Waals surface area contributed by atoms with Crippen molar-refractivity contribution in [1.82, 2.24) is 5.32 Å². The van der Waals surface area contributed by atoms with Gasteiger partial charge in [0.1, 0.15) is 11.3 Å². The molecule has 0 radical (unpaired) electrons. The Hall–Kier alpha value is -1.82. The Morgan fingerprint density at radius 1 is 1.40 bits per heavy atom. The summed E-state index contributed by atoms with van der Waals surface area (Å²) in [5, 5.41) is 3.21. The number of ether oxygens (including phenoxy) is 1. The lowest BCUT2D eigenvalue weighted by atomic mass is 10.1. The number of fused-ring (bicyclic) bond motifs is 1. The first-order valence-electron chi connectivity index (χ1n) is 6.11. The van der Waals surface area contributed by atoms with Crippen molar-refractivity contribution in [1.29, 1.82) is 0 Å². The molecule has 0 aliphatic heterocycles. The molecule has 0 atom stereocenters. The fourth-order valence-corrected chi connectivity index (χ4v) is 2.30. The Balaban J connectivity index is 2.71. The van der Waals surface area contributed by atoms with Gasteiger partial charge in [0.2, 0.25) is 0 Å². The lowest BCUT2D eigenvalue weighted by Gasteiger charge is -2.05. The highest BCUT2D eigenvalue weighted by Gasteiger charge is 2.20. The van der Waals surface area contributed by atoms with Crippen molar-refractivity contribution in [2.24, 2.45) is 0 Å². The molecule has 1 amide bonds. The first-order chi connectivity index (χ1) is 9.49. The molecule has 20 heavy (non-hydrogen) atoms. The van der Waals surface area contributed by atoms with E-state index in [1.807, 2.05) is 0 Å². The van der Waals surface area contributed by atoms with E-state index in [1.165, 1.54) is 13.1 Å². The van der Waals surface area contributed by atoms with Crippen LogP contribution in [0, 0.1) is 6.92 Å². The molecule has 106 valence electrons. The molecule has 6 heteroatoms. The Labute approximate surface area is 124 Å². The van der Waals surface area contributed by atoms with Crippen molar-refractivity contribution >= 4 is 38.8 Å². The predicted molar refractivity (Wildman–Crippen MR) is 78.0 cm³/mol. The van der Waals surface area contributed by atoms with Gasteiger partial charge in [0.15, 0.2) is 0 Å². The molecule has 0 saturated carbocycles. The van der Waals surface area contributed by atoms with E-state index in [2.05, 4.69) is 21.2 Å². The molecule has 2 rings (SSSR count). The zero-order chi connectivity index (χ0) is 14.9. The Morgan fingerprint density at radius 3 is 2.70 bits per heavy atom. The molecule has 1 aromatic carbocycles. The maximum Gasteiger partial charge on any atom is 0.338 e. The summed E-state index contributed by atoms with van der Waals surface area (Å²) in [4.78, 5) is 23.8. The summed E-state index contributed by atoms with van der Waals surface area (Å²) in [6.07, 6.45) is 0. The second-order valence-corrected chi connectivity index (χ2v) is 4.97. The van der Waals surface area contributed by atoms with Gasteiger partial charge >= 0.3 is 5.97 Å². The highest BCUT2D eigenvalue weighted by molar-refractivity contribution is 9.10. The number of benzene rings is 1. The van der Waals surface area contributed by atoms with Crippen molar-refractivity contribution in [2.75, 3.05) is 13.7 Å². The normalized spacial score (nSPS) is 10.6. The number of nitrogens with one attached hydrogen (secondary N) is 1. The Kier molecular flexibility index (Phi) is 4.13. The van der Waals surface area contributed by atoms with Gasteiger partial charge < -0.3 is 14.5 Å². The van der Waals surface area contributed by atoms with Gasteiger partial charge in [0.25, 0.3) is 5.91 Å². The van der Waals surface area contributed by atoms with Gasteiger partial charge in [-0.25, -0.2) is 4.79 Å². The van der Waals surface area contributed by atoms with Crippen LogP contribution in [0.1, 0.15) is 33.4 Å². The van der Waals surface area contributed by atoms with E-state index in [-0.39, 0.29) is 12.5 Å². The van der Waals surface area contributed by atoms with Gasteiger partial charge in [-0.3, -0.25) is 4.79 Å². The second-order valence-electron chi connectivity index (χ2n) is 4.17. The molecule has 0 aliphatic carbocycles. The van der Waals surface area contributed by atoms with Crippen molar-refractivity contribution < 1.29 is 18.7 Å². The molecule has 0 fully saturated rings. The third-order valence-corrected chi connectivity index (χ3v) is 3.86. The standard InChI is InChI=1S/C14H14BrNO4/c1-4-19-14(18)8-5-9-11(15)7(2)20-12(9)10(6-8)13(17)16-3/h5-6H,4H2,1-3H3,(H,16,17).